The Morgan fingerprint density at radius 3 is 2.68 bits per heavy atom. The third-order valence-electron chi connectivity index (χ3n) is 2.51. The molecule has 0 fully saturated rings. The van der Waals surface area contributed by atoms with Crippen molar-refractivity contribution in [2.24, 2.45) is 0 Å². The zero-order valence-corrected chi connectivity index (χ0v) is 11.9. The van der Waals surface area contributed by atoms with E-state index in [2.05, 4.69) is 31.5 Å². The number of hydrogen-bond acceptors (Lipinski definition) is 3. The molecule has 0 aliphatic carbocycles. The van der Waals surface area contributed by atoms with Crippen molar-refractivity contribution in [1.29, 1.82) is 0 Å². The molecule has 0 aliphatic rings. The van der Waals surface area contributed by atoms with Crippen molar-refractivity contribution in [1.82, 2.24) is 10.3 Å². The Morgan fingerprint density at radius 2 is 1.95 bits per heavy atom. The molecular formula is C14H14BrN3O. The maximum absolute atomic E-state index is 11.7. The maximum Gasteiger partial charge on any atom is 0.251 e. The van der Waals surface area contributed by atoms with Gasteiger partial charge in [-0.2, -0.15) is 0 Å². The quantitative estimate of drug-likeness (QED) is 0.833. The molecule has 2 N–H and O–H groups in total. The summed E-state index contributed by atoms with van der Waals surface area (Å²) in [5.41, 5.74) is 1.64. The van der Waals surface area contributed by atoms with E-state index in [1.54, 1.807) is 24.5 Å². The fourth-order valence-electron chi connectivity index (χ4n) is 1.59. The monoisotopic (exact) mass is 319 g/mol. The average molecular weight is 320 g/mol. The van der Waals surface area contributed by atoms with Crippen molar-refractivity contribution in [2.75, 3.05) is 18.4 Å². The number of benzene rings is 1. The summed E-state index contributed by atoms with van der Waals surface area (Å²) in [5.74, 6) is -0.0848. The van der Waals surface area contributed by atoms with Gasteiger partial charge in [-0.15, -0.1) is 0 Å². The molecule has 5 heteroatoms. The van der Waals surface area contributed by atoms with Crippen LogP contribution in [0.2, 0.25) is 0 Å². The van der Waals surface area contributed by atoms with Crippen molar-refractivity contribution in [3.05, 3.63) is 58.8 Å². The molecule has 4 nitrogen and oxygen atoms in total. The van der Waals surface area contributed by atoms with E-state index in [-0.39, 0.29) is 5.91 Å². The minimum atomic E-state index is -0.0848. The molecule has 0 atom stereocenters. The summed E-state index contributed by atoms with van der Waals surface area (Å²) >= 11 is 3.41. The predicted octanol–water partition coefficient (Wildman–Crippen LogP) is 2.69. The largest absolute Gasteiger partial charge is 0.383 e. The molecular weight excluding hydrogens is 306 g/mol. The molecule has 0 saturated carbocycles. The van der Waals surface area contributed by atoms with Gasteiger partial charge in [0.05, 0.1) is 0 Å². The highest BCUT2D eigenvalue weighted by Crippen LogP contribution is 2.14. The first-order valence-electron chi connectivity index (χ1n) is 5.93. The number of nitrogens with zero attached hydrogens (tertiary/aromatic N) is 1. The molecule has 2 rings (SSSR count). The normalized spacial score (nSPS) is 9.95. The van der Waals surface area contributed by atoms with Crippen molar-refractivity contribution in [2.45, 2.75) is 0 Å². The molecule has 0 radical (unpaired) electrons. The Hall–Kier alpha value is -1.88. The first kappa shape index (κ1) is 13.5. The third kappa shape index (κ3) is 4.37. The standard InChI is InChI=1S/C14H14BrN3O/c15-12-2-1-3-13(10-12)17-8-9-18-14(19)11-4-6-16-7-5-11/h1-7,10,17H,8-9H2,(H,18,19). The summed E-state index contributed by atoms with van der Waals surface area (Å²) in [6.07, 6.45) is 3.21. The van der Waals surface area contributed by atoms with Crippen molar-refractivity contribution < 1.29 is 4.79 Å². The Labute approximate surface area is 120 Å². The van der Waals surface area contributed by atoms with Crippen LogP contribution in [0.15, 0.2) is 53.3 Å². The second kappa shape index (κ2) is 6.89. The van der Waals surface area contributed by atoms with Crippen LogP contribution in [0.25, 0.3) is 0 Å². The van der Waals surface area contributed by atoms with Crippen LogP contribution in [-0.2, 0) is 0 Å². The predicted molar refractivity (Wildman–Crippen MR) is 79.2 cm³/mol. The van der Waals surface area contributed by atoms with Gasteiger partial charge in [0.15, 0.2) is 0 Å². The summed E-state index contributed by atoms with van der Waals surface area (Å²) in [4.78, 5) is 15.6. The van der Waals surface area contributed by atoms with E-state index in [9.17, 15) is 4.79 Å². The van der Waals surface area contributed by atoms with Gasteiger partial charge in [0.1, 0.15) is 0 Å². The first-order valence-corrected chi connectivity index (χ1v) is 6.72. The zero-order valence-electron chi connectivity index (χ0n) is 10.3. The lowest BCUT2D eigenvalue weighted by Crippen LogP contribution is -2.28. The van der Waals surface area contributed by atoms with E-state index in [0.29, 0.717) is 18.7 Å². The minimum absolute atomic E-state index is 0.0848. The summed E-state index contributed by atoms with van der Waals surface area (Å²) in [7, 11) is 0. The average Bonchev–Trinajstić information content (AvgIpc) is 2.44. The topological polar surface area (TPSA) is 54.0 Å². The highest BCUT2D eigenvalue weighted by atomic mass is 79.9. The first-order chi connectivity index (χ1) is 9.25. The number of pyridine rings is 1. The van der Waals surface area contributed by atoms with Crippen LogP contribution in [-0.4, -0.2) is 24.0 Å². The van der Waals surface area contributed by atoms with Crippen LogP contribution < -0.4 is 10.6 Å². The van der Waals surface area contributed by atoms with Gasteiger partial charge in [0, 0.05) is 41.2 Å². The van der Waals surface area contributed by atoms with Gasteiger partial charge in [-0.25, -0.2) is 0 Å². The lowest BCUT2D eigenvalue weighted by Gasteiger charge is -2.08. The number of halogens is 1. The Bertz CT molecular complexity index is 545. The maximum atomic E-state index is 11.7. The number of rotatable bonds is 5. The summed E-state index contributed by atoms with van der Waals surface area (Å²) in [5, 5.41) is 6.08. The molecule has 1 amide bonds. The Morgan fingerprint density at radius 1 is 1.16 bits per heavy atom. The number of nitrogens with one attached hydrogen (secondary N) is 2. The highest BCUT2D eigenvalue weighted by Gasteiger charge is 2.02. The van der Waals surface area contributed by atoms with Crippen LogP contribution in [0, 0.1) is 0 Å². The van der Waals surface area contributed by atoms with E-state index in [0.717, 1.165) is 10.2 Å². The molecule has 19 heavy (non-hydrogen) atoms. The van der Waals surface area contributed by atoms with Gasteiger partial charge in [-0.3, -0.25) is 9.78 Å². The van der Waals surface area contributed by atoms with Gasteiger partial charge in [-0.1, -0.05) is 22.0 Å². The van der Waals surface area contributed by atoms with E-state index in [1.165, 1.54) is 0 Å². The fourth-order valence-corrected chi connectivity index (χ4v) is 1.99. The van der Waals surface area contributed by atoms with Crippen LogP contribution in [0.4, 0.5) is 5.69 Å². The summed E-state index contributed by atoms with van der Waals surface area (Å²) in [6.45, 7) is 1.24. The lowest BCUT2D eigenvalue weighted by atomic mass is 10.2. The number of carbonyl (C=O) groups excluding carboxylic acids is 1. The van der Waals surface area contributed by atoms with Gasteiger partial charge >= 0.3 is 0 Å². The van der Waals surface area contributed by atoms with Crippen molar-refractivity contribution >= 4 is 27.5 Å². The van der Waals surface area contributed by atoms with Crippen LogP contribution in [0.1, 0.15) is 10.4 Å². The molecule has 1 aromatic carbocycles. The highest BCUT2D eigenvalue weighted by molar-refractivity contribution is 9.10. The van der Waals surface area contributed by atoms with Crippen LogP contribution in [0.5, 0.6) is 0 Å². The Kier molecular flexibility index (Phi) is 4.92. The number of carbonyl (C=O) groups is 1. The molecule has 0 saturated heterocycles. The fraction of sp³-hybridized carbons (Fsp3) is 0.143. The molecule has 0 spiro atoms. The van der Waals surface area contributed by atoms with Crippen molar-refractivity contribution in [3.8, 4) is 0 Å². The summed E-state index contributed by atoms with van der Waals surface area (Å²) < 4.78 is 1.03. The second-order valence-electron chi connectivity index (χ2n) is 3.93. The molecule has 98 valence electrons. The van der Waals surface area contributed by atoms with E-state index < -0.39 is 0 Å². The third-order valence-corrected chi connectivity index (χ3v) is 3.00. The molecule has 2 aromatic rings. The minimum Gasteiger partial charge on any atom is -0.383 e. The number of amides is 1. The van der Waals surface area contributed by atoms with Gasteiger partial charge in [0.25, 0.3) is 5.91 Å². The number of hydrogen-bond donors (Lipinski definition) is 2. The molecule has 0 unspecified atom stereocenters. The smallest absolute Gasteiger partial charge is 0.251 e. The number of aromatic nitrogens is 1. The molecule has 1 aromatic heterocycles. The van der Waals surface area contributed by atoms with E-state index in [4.69, 9.17) is 0 Å². The zero-order chi connectivity index (χ0) is 13.5. The van der Waals surface area contributed by atoms with Crippen LogP contribution >= 0.6 is 15.9 Å². The lowest BCUT2D eigenvalue weighted by molar-refractivity contribution is 0.0955. The van der Waals surface area contributed by atoms with Gasteiger partial charge < -0.3 is 10.6 Å². The van der Waals surface area contributed by atoms with E-state index in [1.807, 2.05) is 24.3 Å². The molecule has 0 bridgehead atoms. The summed E-state index contributed by atoms with van der Waals surface area (Å²) in [6, 6.07) is 11.3. The van der Waals surface area contributed by atoms with E-state index >= 15 is 0 Å². The van der Waals surface area contributed by atoms with Gasteiger partial charge in [-0.05, 0) is 30.3 Å². The molecule has 0 aliphatic heterocycles. The molecule has 1 heterocycles. The SMILES string of the molecule is O=C(NCCNc1cccc(Br)c1)c1ccncc1. The number of anilines is 1. The van der Waals surface area contributed by atoms with Crippen molar-refractivity contribution in [3.63, 3.8) is 0 Å². The van der Waals surface area contributed by atoms with Crippen LogP contribution in [0.3, 0.4) is 0 Å². The van der Waals surface area contributed by atoms with Gasteiger partial charge in [0.2, 0.25) is 0 Å². The second-order valence-corrected chi connectivity index (χ2v) is 4.84. The Balaban J connectivity index is 1.74.